The van der Waals surface area contributed by atoms with Crippen LogP contribution in [0.25, 0.3) is 5.82 Å². The number of hydrogen-bond donors (Lipinski definition) is 2. The number of nitrogens with zero attached hydrogens (tertiary/aromatic N) is 6. The molecule has 0 saturated carbocycles. The van der Waals surface area contributed by atoms with Crippen molar-refractivity contribution in [2.75, 3.05) is 5.73 Å². The molecule has 3 rings (SSSR count). The molecule has 0 aliphatic carbocycles. The Morgan fingerprint density at radius 1 is 1.39 bits per heavy atom. The number of carbonyl (C=O) groups excluding carboxylic acids is 1. The lowest BCUT2D eigenvalue weighted by Gasteiger charge is -1.97. The van der Waals surface area contributed by atoms with E-state index in [1.807, 2.05) is 24.3 Å². The van der Waals surface area contributed by atoms with Crippen LogP contribution in [0, 0.1) is 0 Å². The number of aromatic nitrogens is 5. The minimum absolute atomic E-state index is 0.0359. The van der Waals surface area contributed by atoms with Gasteiger partial charge in [-0.05, 0) is 16.4 Å². The lowest BCUT2D eigenvalue weighted by Crippen LogP contribution is -2.18. The average molecular weight is 377 g/mol. The first-order chi connectivity index (χ1) is 11.1. The highest BCUT2D eigenvalue weighted by molar-refractivity contribution is 9.10. The Balaban J connectivity index is 1.69. The molecular weight excluding hydrogens is 368 g/mol. The summed E-state index contributed by atoms with van der Waals surface area (Å²) in [6.07, 6.45) is 2.84. The van der Waals surface area contributed by atoms with Crippen LogP contribution >= 0.6 is 15.9 Å². The van der Waals surface area contributed by atoms with Crippen molar-refractivity contribution in [1.29, 1.82) is 0 Å². The first-order valence-electron chi connectivity index (χ1n) is 6.24. The summed E-state index contributed by atoms with van der Waals surface area (Å²) in [5.41, 5.74) is 8.74. The van der Waals surface area contributed by atoms with E-state index in [2.05, 4.69) is 51.7 Å². The van der Waals surface area contributed by atoms with Gasteiger partial charge in [0.05, 0.1) is 12.4 Å². The summed E-state index contributed by atoms with van der Waals surface area (Å²) in [4.78, 5) is 11.9. The molecule has 0 atom stereocenters. The summed E-state index contributed by atoms with van der Waals surface area (Å²) in [6, 6.07) is 7.44. The van der Waals surface area contributed by atoms with Crippen LogP contribution in [-0.2, 0) is 0 Å². The third-order valence-electron chi connectivity index (χ3n) is 2.71. The van der Waals surface area contributed by atoms with Gasteiger partial charge in [-0.3, -0.25) is 4.79 Å². The number of benzene rings is 1. The molecular formula is C12H9BrN8O2. The summed E-state index contributed by atoms with van der Waals surface area (Å²) in [6.45, 7) is 0. The predicted molar refractivity (Wildman–Crippen MR) is 82.8 cm³/mol. The predicted octanol–water partition coefficient (Wildman–Crippen LogP) is 0.759. The van der Waals surface area contributed by atoms with E-state index in [0.717, 1.165) is 10.0 Å². The SMILES string of the molecule is Nc1nonc1-n1cc(C(=O)NN=Cc2ccccc2Br)nn1. The lowest BCUT2D eigenvalue weighted by atomic mass is 10.2. The van der Waals surface area contributed by atoms with E-state index in [9.17, 15) is 4.79 Å². The summed E-state index contributed by atoms with van der Waals surface area (Å²) in [7, 11) is 0. The smallest absolute Gasteiger partial charge is 0.293 e. The number of amides is 1. The zero-order valence-corrected chi connectivity index (χ0v) is 13.0. The molecule has 23 heavy (non-hydrogen) atoms. The number of nitrogens with two attached hydrogens (primary N) is 1. The molecule has 1 aromatic carbocycles. The van der Waals surface area contributed by atoms with Crippen molar-refractivity contribution in [3.63, 3.8) is 0 Å². The fourth-order valence-corrected chi connectivity index (χ4v) is 2.01. The van der Waals surface area contributed by atoms with E-state index in [4.69, 9.17) is 5.73 Å². The van der Waals surface area contributed by atoms with Crippen molar-refractivity contribution in [2.45, 2.75) is 0 Å². The number of anilines is 1. The van der Waals surface area contributed by atoms with E-state index in [1.54, 1.807) is 0 Å². The zero-order valence-electron chi connectivity index (χ0n) is 11.4. The number of hydrogen-bond acceptors (Lipinski definition) is 8. The van der Waals surface area contributed by atoms with Gasteiger partial charge in [-0.25, -0.2) is 10.1 Å². The molecule has 11 heteroatoms. The van der Waals surface area contributed by atoms with Crippen molar-refractivity contribution in [1.82, 2.24) is 30.7 Å². The maximum absolute atomic E-state index is 11.9. The maximum Gasteiger partial charge on any atom is 0.293 e. The van der Waals surface area contributed by atoms with Crippen LogP contribution in [-0.4, -0.2) is 37.4 Å². The number of hydrazone groups is 1. The highest BCUT2D eigenvalue weighted by Crippen LogP contribution is 2.13. The molecule has 0 bridgehead atoms. The summed E-state index contributed by atoms with van der Waals surface area (Å²) in [5, 5.41) is 18.3. The second-order valence-electron chi connectivity index (χ2n) is 4.24. The molecule has 0 aliphatic heterocycles. The molecule has 3 N–H and O–H groups in total. The van der Waals surface area contributed by atoms with E-state index >= 15 is 0 Å². The molecule has 10 nitrogen and oxygen atoms in total. The normalized spacial score (nSPS) is 11.0. The Bertz CT molecular complexity index is 871. The molecule has 0 aliphatic rings. The Morgan fingerprint density at radius 2 is 2.22 bits per heavy atom. The van der Waals surface area contributed by atoms with Crippen LogP contribution in [0.1, 0.15) is 16.1 Å². The number of rotatable bonds is 4. The van der Waals surface area contributed by atoms with Crippen molar-refractivity contribution in [3.8, 4) is 5.82 Å². The van der Waals surface area contributed by atoms with Crippen LogP contribution < -0.4 is 11.2 Å². The van der Waals surface area contributed by atoms with E-state index in [-0.39, 0.29) is 17.3 Å². The quantitative estimate of drug-likeness (QED) is 0.506. The lowest BCUT2D eigenvalue weighted by molar-refractivity contribution is 0.0950. The van der Waals surface area contributed by atoms with E-state index in [1.165, 1.54) is 17.1 Å². The van der Waals surface area contributed by atoms with Gasteiger partial charge in [0, 0.05) is 10.0 Å². The maximum atomic E-state index is 11.9. The Morgan fingerprint density at radius 3 is 2.96 bits per heavy atom. The number of carbonyl (C=O) groups is 1. The van der Waals surface area contributed by atoms with E-state index < -0.39 is 5.91 Å². The molecule has 0 spiro atoms. The Labute approximate surface area is 137 Å². The molecule has 0 radical (unpaired) electrons. The summed E-state index contributed by atoms with van der Waals surface area (Å²) in [5.74, 6) is -0.350. The molecule has 0 fully saturated rings. The number of nitrogen functional groups attached to an aromatic ring is 1. The summed E-state index contributed by atoms with van der Waals surface area (Å²) < 4.78 is 6.49. The topological polar surface area (TPSA) is 137 Å². The van der Waals surface area contributed by atoms with Crippen molar-refractivity contribution >= 4 is 33.9 Å². The average Bonchev–Trinajstić information content (AvgIpc) is 3.17. The van der Waals surface area contributed by atoms with Gasteiger partial charge in [0.15, 0.2) is 5.69 Å². The molecule has 2 heterocycles. The summed E-state index contributed by atoms with van der Waals surface area (Å²) >= 11 is 3.38. The Kier molecular flexibility index (Phi) is 4.10. The third kappa shape index (κ3) is 3.23. The van der Waals surface area contributed by atoms with Gasteiger partial charge in [-0.15, -0.1) is 5.10 Å². The van der Waals surface area contributed by atoms with Gasteiger partial charge in [0.2, 0.25) is 11.6 Å². The van der Waals surface area contributed by atoms with Crippen LogP contribution in [0.15, 0.2) is 44.7 Å². The van der Waals surface area contributed by atoms with Gasteiger partial charge in [-0.1, -0.05) is 39.3 Å². The van der Waals surface area contributed by atoms with Crippen LogP contribution in [0.5, 0.6) is 0 Å². The molecule has 0 unspecified atom stereocenters. The first-order valence-corrected chi connectivity index (χ1v) is 7.03. The second-order valence-corrected chi connectivity index (χ2v) is 5.10. The highest BCUT2D eigenvalue weighted by atomic mass is 79.9. The van der Waals surface area contributed by atoms with Crippen molar-refractivity contribution in [2.24, 2.45) is 5.10 Å². The number of halogens is 1. The standard InChI is InChI=1S/C12H9BrN8O2/c13-8-4-2-1-3-7(8)5-15-17-12(22)9-6-21(20-16-9)11-10(14)18-23-19-11/h1-6H,(H2,14,18)(H,17,22). The second kappa shape index (κ2) is 6.36. The van der Waals surface area contributed by atoms with Crippen molar-refractivity contribution in [3.05, 3.63) is 46.2 Å². The highest BCUT2D eigenvalue weighted by Gasteiger charge is 2.15. The molecule has 3 aromatic rings. The van der Waals surface area contributed by atoms with Crippen LogP contribution in [0.4, 0.5) is 5.82 Å². The molecule has 116 valence electrons. The fourth-order valence-electron chi connectivity index (χ4n) is 1.62. The van der Waals surface area contributed by atoms with Crippen LogP contribution in [0.3, 0.4) is 0 Å². The number of nitrogens with one attached hydrogen (secondary N) is 1. The monoisotopic (exact) mass is 376 g/mol. The van der Waals surface area contributed by atoms with Gasteiger partial charge in [0.1, 0.15) is 0 Å². The molecule has 0 saturated heterocycles. The first kappa shape index (κ1) is 14.8. The minimum atomic E-state index is -0.533. The fraction of sp³-hybridized carbons (Fsp3) is 0. The third-order valence-corrected chi connectivity index (χ3v) is 3.44. The van der Waals surface area contributed by atoms with Gasteiger partial charge >= 0.3 is 0 Å². The zero-order chi connectivity index (χ0) is 16.2. The molecule has 2 aromatic heterocycles. The largest absolute Gasteiger partial charge is 0.378 e. The van der Waals surface area contributed by atoms with Crippen LogP contribution in [0.2, 0.25) is 0 Å². The molecule has 1 amide bonds. The van der Waals surface area contributed by atoms with Crippen molar-refractivity contribution < 1.29 is 9.42 Å². The van der Waals surface area contributed by atoms with Gasteiger partial charge in [0.25, 0.3) is 5.91 Å². The van der Waals surface area contributed by atoms with Gasteiger partial charge < -0.3 is 5.73 Å². The van der Waals surface area contributed by atoms with E-state index in [0.29, 0.717) is 0 Å². The minimum Gasteiger partial charge on any atom is -0.378 e. The Hall–Kier alpha value is -3.08. The van der Waals surface area contributed by atoms with Gasteiger partial charge in [-0.2, -0.15) is 9.78 Å².